The molecule has 6 heteroatoms. The Labute approximate surface area is 130 Å². The van der Waals surface area contributed by atoms with E-state index in [0.29, 0.717) is 6.61 Å². The van der Waals surface area contributed by atoms with Gasteiger partial charge in [0.05, 0.1) is 24.1 Å². The lowest BCUT2D eigenvalue weighted by Crippen LogP contribution is -2.49. The van der Waals surface area contributed by atoms with Gasteiger partial charge >= 0.3 is 0 Å². The largest absolute Gasteiger partial charge is 0.381 e. The Kier molecular flexibility index (Phi) is 3.88. The fourth-order valence-electron chi connectivity index (χ4n) is 3.51. The standard InChI is InChI=1S/C16H24N4O2/c21-16(14-9-17-18-15(14)13-3-8-22-11-13)20-6-4-19(5-7-20)10-12-1-2-12/h9,12-13H,1-8,10-11H2,(H,17,18)/t13-/m1/s1. The van der Waals surface area contributed by atoms with Gasteiger partial charge in [-0.3, -0.25) is 14.8 Å². The highest BCUT2D eigenvalue weighted by Crippen LogP contribution is 2.30. The molecule has 3 aliphatic rings. The monoisotopic (exact) mass is 304 g/mol. The summed E-state index contributed by atoms with van der Waals surface area (Å²) < 4.78 is 5.44. The SMILES string of the molecule is O=C(c1cn[nH]c1[C@@H]1CCOC1)N1CCN(CC2CC2)CC1. The van der Waals surface area contributed by atoms with Gasteiger partial charge in [0.2, 0.25) is 0 Å². The summed E-state index contributed by atoms with van der Waals surface area (Å²) >= 11 is 0. The molecular weight excluding hydrogens is 280 g/mol. The van der Waals surface area contributed by atoms with E-state index in [2.05, 4.69) is 15.1 Å². The summed E-state index contributed by atoms with van der Waals surface area (Å²) in [7, 11) is 0. The number of nitrogens with one attached hydrogen (secondary N) is 1. The van der Waals surface area contributed by atoms with Gasteiger partial charge in [-0.15, -0.1) is 0 Å². The number of piperazine rings is 1. The number of rotatable bonds is 4. The van der Waals surface area contributed by atoms with Crippen LogP contribution in [0.1, 0.15) is 41.2 Å². The molecule has 0 bridgehead atoms. The normalized spacial score (nSPS) is 26.5. The van der Waals surface area contributed by atoms with E-state index in [1.54, 1.807) is 6.20 Å². The minimum Gasteiger partial charge on any atom is -0.381 e. The van der Waals surface area contributed by atoms with Crippen molar-refractivity contribution in [3.05, 3.63) is 17.5 Å². The summed E-state index contributed by atoms with van der Waals surface area (Å²) in [5.74, 6) is 1.34. The summed E-state index contributed by atoms with van der Waals surface area (Å²) in [5.41, 5.74) is 1.70. The predicted octanol–water partition coefficient (Wildman–Crippen LogP) is 1.08. The van der Waals surface area contributed by atoms with Gasteiger partial charge in [-0.25, -0.2) is 0 Å². The zero-order valence-electron chi connectivity index (χ0n) is 13.0. The molecule has 2 aliphatic heterocycles. The van der Waals surface area contributed by atoms with Crippen LogP contribution >= 0.6 is 0 Å². The Morgan fingerprint density at radius 3 is 2.77 bits per heavy atom. The van der Waals surface area contributed by atoms with Crippen molar-refractivity contribution in [2.24, 2.45) is 5.92 Å². The molecule has 1 aliphatic carbocycles. The molecule has 4 rings (SSSR count). The highest BCUT2D eigenvalue weighted by molar-refractivity contribution is 5.95. The van der Waals surface area contributed by atoms with Crippen molar-refractivity contribution in [2.75, 3.05) is 45.9 Å². The Hall–Kier alpha value is -1.40. The zero-order chi connectivity index (χ0) is 14.9. The molecule has 0 aromatic carbocycles. The molecule has 2 saturated heterocycles. The van der Waals surface area contributed by atoms with Crippen molar-refractivity contribution in [3.63, 3.8) is 0 Å². The molecule has 22 heavy (non-hydrogen) atoms. The topological polar surface area (TPSA) is 61.5 Å². The molecule has 120 valence electrons. The fraction of sp³-hybridized carbons (Fsp3) is 0.750. The van der Waals surface area contributed by atoms with Crippen LogP contribution in [0.5, 0.6) is 0 Å². The van der Waals surface area contributed by atoms with Crippen LogP contribution in [-0.4, -0.2) is 71.8 Å². The zero-order valence-corrected chi connectivity index (χ0v) is 13.0. The third kappa shape index (κ3) is 2.90. The highest BCUT2D eigenvalue weighted by atomic mass is 16.5. The van der Waals surface area contributed by atoms with Gasteiger partial charge in [-0.2, -0.15) is 5.10 Å². The van der Waals surface area contributed by atoms with Gasteiger partial charge in [0.15, 0.2) is 0 Å². The van der Waals surface area contributed by atoms with Gasteiger partial charge in [0, 0.05) is 45.2 Å². The number of H-pyrrole nitrogens is 1. The third-order valence-electron chi connectivity index (χ3n) is 5.11. The maximum absolute atomic E-state index is 12.8. The van der Waals surface area contributed by atoms with Crippen molar-refractivity contribution in [2.45, 2.75) is 25.2 Å². The summed E-state index contributed by atoms with van der Waals surface area (Å²) in [6.45, 7) is 6.35. The lowest BCUT2D eigenvalue weighted by Gasteiger charge is -2.34. The van der Waals surface area contributed by atoms with Gasteiger partial charge in [-0.1, -0.05) is 0 Å². The highest BCUT2D eigenvalue weighted by Gasteiger charge is 2.31. The quantitative estimate of drug-likeness (QED) is 0.904. The molecule has 1 aromatic rings. The molecule has 0 unspecified atom stereocenters. The molecule has 0 radical (unpaired) electrons. The van der Waals surface area contributed by atoms with E-state index in [4.69, 9.17) is 4.74 Å². The van der Waals surface area contributed by atoms with Crippen LogP contribution in [0.4, 0.5) is 0 Å². The van der Waals surface area contributed by atoms with Crippen molar-refractivity contribution in [3.8, 4) is 0 Å². The number of ether oxygens (including phenoxy) is 1. The minimum atomic E-state index is 0.127. The van der Waals surface area contributed by atoms with Gasteiger partial charge in [0.25, 0.3) is 5.91 Å². The molecule has 3 heterocycles. The van der Waals surface area contributed by atoms with Crippen molar-refractivity contribution < 1.29 is 9.53 Å². The molecule has 6 nitrogen and oxygen atoms in total. The van der Waals surface area contributed by atoms with Crippen LogP contribution in [0, 0.1) is 5.92 Å². The van der Waals surface area contributed by atoms with E-state index < -0.39 is 0 Å². The number of nitrogens with zero attached hydrogens (tertiary/aromatic N) is 3. The van der Waals surface area contributed by atoms with E-state index in [-0.39, 0.29) is 11.8 Å². The molecule has 1 atom stereocenters. The number of hydrogen-bond donors (Lipinski definition) is 1. The maximum atomic E-state index is 12.8. The van der Waals surface area contributed by atoms with Crippen LogP contribution in [-0.2, 0) is 4.74 Å². The van der Waals surface area contributed by atoms with Crippen LogP contribution in [0.2, 0.25) is 0 Å². The first-order chi connectivity index (χ1) is 10.8. The fourth-order valence-corrected chi connectivity index (χ4v) is 3.51. The van der Waals surface area contributed by atoms with Crippen LogP contribution in [0.15, 0.2) is 6.20 Å². The second-order valence-electron chi connectivity index (χ2n) is 6.79. The molecule has 1 aromatic heterocycles. The number of carbonyl (C=O) groups is 1. The van der Waals surface area contributed by atoms with Crippen LogP contribution in [0.3, 0.4) is 0 Å². The molecule has 1 N–H and O–H groups in total. The summed E-state index contributed by atoms with van der Waals surface area (Å²) in [4.78, 5) is 17.3. The number of aromatic nitrogens is 2. The smallest absolute Gasteiger partial charge is 0.257 e. The van der Waals surface area contributed by atoms with Gasteiger partial charge < -0.3 is 9.64 Å². The van der Waals surface area contributed by atoms with Crippen molar-refractivity contribution >= 4 is 5.91 Å². The van der Waals surface area contributed by atoms with Gasteiger partial charge in [-0.05, 0) is 25.2 Å². The Morgan fingerprint density at radius 1 is 1.27 bits per heavy atom. The minimum absolute atomic E-state index is 0.127. The molecule has 0 spiro atoms. The first kappa shape index (κ1) is 14.2. The molecular formula is C16H24N4O2. The second-order valence-corrected chi connectivity index (χ2v) is 6.79. The molecule has 3 fully saturated rings. The molecule has 1 saturated carbocycles. The Balaban J connectivity index is 1.38. The second kappa shape index (κ2) is 6.01. The number of aromatic amines is 1. The number of amides is 1. The predicted molar refractivity (Wildman–Crippen MR) is 81.8 cm³/mol. The summed E-state index contributed by atoms with van der Waals surface area (Å²) in [6, 6.07) is 0. The first-order valence-corrected chi connectivity index (χ1v) is 8.44. The van der Waals surface area contributed by atoms with Gasteiger partial charge in [0.1, 0.15) is 0 Å². The van der Waals surface area contributed by atoms with Crippen LogP contribution in [0.25, 0.3) is 0 Å². The van der Waals surface area contributed by atoms with Crippen LogP contribution < -0.4 is 0 Å². The van der Waals surface area contributed by atoms with E-state index in [1.807, 2.05) is 4.90 Å². The molecule has 1 amide bonds. The lowest BCUT2D eigenvalue weighted by molar-refractivity contribution is 0.0630. The lowest BCUT2D eigenvalue weighted by atomic mass is 10.0. The summed E-state index contributed by atoms with van der Waals surface area (Å²) in [6.07, 6.45) is 5.44. The number of hydrogen-bond acceptors (Lipinski definition) is 4. The number of carbonyl (C=O) groups excluding carboxylic acids is 1. The average molecular weight is 304 g/mol. The average Bonchev–Trinajstić information content (AvgIpc) is 3.05. The first-order valence-electron chi connectivity index (χ1n) is 8.44. The summed E-state index contributed by atoms with van der Waals surface area (Å²) in [5, 5.41) is 7.13. The van der Waals surface area contributed by atoms with E-state index >= 15 is 0 Å². The van der Waals surface area contributed by atoms with Crippen molar-refractivity contribution in [1.82, 2.24) is 20.0 Å². The Morgan fingerprint density at radius 2 is 2.09 bits per heavy atom. The maximum Gasteiger partial charge on any atom is 0.257 e. The third-order valence-corrected chi connectivity index (χ3v) is 5.11. The van der Waals surface area contributed by atoms with E-state index in [0.717, 1.165) is 56.4 Å². The van der Waals surface area contributed by atoms with E-state index in [9.17, 15) is 4.79 Å². The Bertz CT molecular complexity index is 526. The van der Waals surface area contributed by atoms with Crippen molar-refractivity contribution in [1.29, 1.82) is 0 Å². The van der Waals surface area contributed by atoms with E-state index in [1.165, 1.54) is 19.4 Å².